The second-order valence-corrected chi connectivity index (χ2v) is 9.17. The molecular weight excluding hydrogens is 282 g/mol. The number of hydrogen-bond donors (Lipinski definition) is 1. The highest BCUT2D eigenvalue weighted by Gasteiger charge is 2.43. The first-order chi connectivity index (χ1) is 10.0. The molecule has 2 bridgehead atoms. The van der Waals surface area contributed by atoms with E-state index in [0.29, 0.717) is 10.9 Å². The Morgan fingerprint density at radius 3 is 2.71 bits per heavy atom. The van der Waals surface area contributed by atoms with Crippen molar-refractivity contribution < 1.29 is 8.42 Å². The van der Waals surface area contributed by atoms with Crippen molar-refractivity contribution in [2.75, 3.05) is 5.75 Å². The largest absolute Gasteiger partial charge is 0.306 e. The van der Waals surface area contributed by atoms with Crippen LogP contribution in [-0.4, -0.2) is 20.2 Å². The van der Waals surface area contributed by atoms with E-state index in [-0.39, 0.29) is 11.8 Å². The smallest absolute Gasteiger partial charge is 0.180 e. The van der Waals surface area contributed by atoms with Gasteiger partial charge in [0, 0.05) is 12.1 Å². The molecule has 4 heteroatoms. The summed E-state index contributed by atoms with van der Waals surface area (Å²) in [7, 11) is -3.10. The lowest BCUT2D eigenvalue weighted by Gasteiger charge is -2.30. The van der Waals surface area contributed by atoms with Gasteiger partial charge in [-0.2, -0.15) is 0 Å². The van der Waals surface area contributed by atoms with Crippen molar-refractivity contribution in [2.45, 2.75) is 49.6 Å². The molecule has 3 aliphatic rings. The summed E-state index contributed by atoms with van der Waals surface area (Å²) in [5.74, 6) is 2.76. The topological polar surface area (TPSA) is 46.2 Å². The summed E-state index contributed by atoms with van der Waals surface area (Å²) in [5.41, 5.74) is 0.965. The lowest BCUT2D eigenvalue weighted by molar-refractivity contribution is 0.249. The Hall–Kier alpha value is -0.870. The average molecular weight is 305 g/mol. The molecule has 1 aliphatic heterocycles. The fourth-order valence-corrected chi connectivity index (χ4v) is 6.69. The van der Waals surface area contributed by atoms with Crippen molar-refractivity contribution in [3.63, 3.8) is 0 Å². The van der Waals surface area contributed by atoms with E-state index in [2.05, 4.69) is 12.2 Å². The van der Waals surface area contributed by atoms with Crippen molar-refractivity contribution in [1.82, 2.24) is 5.32 Å². The van der Waals surface area contributed by atoms with E-state index in [1.807, 2.05) is 18.2 Å². The molecule has 114 valence electrons. The average Bonchev–Trinajstić information content (AvgIpc) is 3.14. The molecule has 21 heavy (non-hydrogen) atoms. The summed E-state index contributed by atoms with van der Waals surface area (Å²) in [6.07, 6.45) is 5.52. The fourth-order valence-electron chi connectivity index (χ4n) is 4.94. The fraction of sp³-hybridized carbons (Fsp3) is 0.647. The van der Waals surface area contributed by atoms with Gasteiger partial charge in [0.1, 0.15) is 0 Å². The quantitative estimate of drug-likeness (QED) is 0.934. The van der Waals surface area contributed by atoms with Gasteiger partial charge in [-0.1, -0.05) is 24.6 Å². The van der Waals surface area contributed by atoms with Crippen LogP contribution in [-0.2, 0) is 9.84 Å². The molecule has 2 saturated carbocycles. The number of rotatable bonds is 3. The molecule has 3 nitrogen and oxygen atoms in total. The van der Waals surface area contributed by atoms with Crippen LogP contribution in [0.2, 0.25) is 0 Å². The monoisotopic (exact) mass is 305 g/mol. The molecule has 1 aromatic rings. The normalized spacial score (nSPS) is 37.6. The zero-order valence-corrected chi connectivity index (χ0v) is 13.3. The summed E-state index contributed by atoms with van der Waals surface area (Å²) in [4.78, 5) is 0.530. The molecule has 0 radical (unpaired) electrons. The molecule has 1 aromatic carbocycles. The van der Waals surface area contributed by atoms with Crippen LogP contribution >= 0.6 is 0 Å². The zero-order chi connectivity index (χ0) is 14.6. The third-order valence-corrected chi connectivity index (χ3v) is 7.73. The Morgan fingerprint density at radius 1 is 1.19 bits per heavy atom. The third kappa shape index (κ3) is 2.23. The lowest BCUT2D eigenvalue weighted by Crippen LogP contribution is -2.39. The van der Waals surface area contributed by atoms with E-state index in [1.54, 1.807) is 6.07 Å². The van der Waals surface area contributed by atoms with Crippen molar-refractivity contribution in [3.8, 4) is 0 Å². The van der Waals surface area contributed by atoms with Crippen LogP contribution in [0.15, 0.2) is 29.2 Å². The molecule has 1 N–H and O–H groups in total. The Balaban J connectivity index is 1.53. The van der Waals surface area contributed by atoms with Crippen LogP contribution in [0.5, 0.6) is 0 Å². The standard InChI is InChI=1S/C17H23NO2S/c1-11(15-9-12-6-7-13(15)8-12)18-16-10-21(19,20)17-5-3-2-4-14(16)17/h2-5,11-13,15-16,18H,6-10H2,1H3. The maximum atomic E-state index is 12.3. The van der Waals surface area contributed by atoms with Gasteiger partial charge < -0.3 is 5.32 Å². The van der Waals surface area contributed by atoms with E-state index in [1.165, 1.54) is 25.7 Å². The van der Waals surface area contributed by atoms with E-state index >= 15 is 0 Å². The van der Waals surface area contributed by atoms with Gasteiger partial charge in [-0.15, -0.1) is 0 Å². The van der Waals surface area contributed by atoms with E-state index in [0.717, 1.165) is 23.3 Å². The first kappa shape index (κ1) is 13.8. The highest BCUT2D eigenvalue weighted by atomic mass is 32.2. The van der Waals surface area contributed by atoms with Crippen LogP contribution in [0.25, 0.3) is 0 Å². The molecule has 0 aromatic heterocycles. The number of fused-ring (bicyclic) bond motifs is 3. The predicted molar refractivity (Wildman–Crippen MR) is 82.8 cm³/mol. The van der Waals surface area contributed by atoms with Gasteiger partial charge in [0.05, 0.1) is 10.6 Å². The summed E-state index contributed by atoms with van der Waals surface area (Å²) in [6, 6.07) is 7.85. The Bertz CT molecular complexity index is 655. The minimum Gasteiger partial charge on any atom is -0.306 e. The van der Waals surface area contributed by atoms with E-state index in [9.17, 15) is 8.42 Å². The summed E-state index contributed by atoms with van der Waals surface area (Å²) < 4.78 is 24.5. The molecule has 0 saturated heterocycles. The minimum absolute atomic E-state index is 0.0275. The van der Waals surface area contributed by atoms with Crippen molar-refractivity contribution in [1.29, 1.82) is 0 Å². The van der Waals surface area contributed by atoms with Crippen LogP contribution in [0.1, 0.15) is 44.2 Å². The number of nitrogens with one attached hydrogen (secondary N) is 1. The minimum atomic E-state index is -3.10. The highest BCUT2D eigenvalue weighted by molar-refractivity contribution is 7.91. The SMILES string of the molecule is CC(NC1CS(=O)(=O)c2ccccc21)C1CC2CCC1C2. The molecule has 0 spiro atoms. The van der Waals surface area contributed by atoms with Crippen LogP contribution in [0.3, 0.4) is 0 Å². The van der Waals surface area contributed by atoms with Crippen LogP contribution in [0, 0.1) is 17.8 Å². The lowest BCUT2D eigenvalue weighted by atomic mass is 9.83. The van der Waals surface area contributed by atoms with Crippen LogP contribution < -0.4 is 5.32 Å². The molecule has 4 rings (SSSR count). The molecule has 5 unspecified atom stereocenters. The van der Waals surface area contributed by atoms with Crippen molar-refractivity contribution in [2.24, 2.45) is 17.8 Å². The summed E-state index contributed by atoms with van der Waals surface area (Å²) in [5, 5.41) is 3.64. The first-order valence-electron chi connectivity index (χ1n) is 8.12. The molecule has 2 fully saturated rings. The maximum absolute atomic E-state index is 12.3. The Kier molecular flexibility index (Phi) is 3.16. The maximum Gasteiger partial charge on any atom is 0.180 e. The Morgan fingerprint density at radius 2 is 2.00 bits per heavy atom. The van der Waals surface area contributed by atoms with Gasteiger partial charge in [-0.05, 0) is 55.6 Å². The van der Waals surface area contributed by atoms with E-state index < -0.39 is 9.84 Å². The second kappa shape index (κ2) is 4.82. The molecule has 0 amide bonds. The first-order valence-corrected chi connectivity index (χ1v) is 9.77. The van der Waals surface area contributed by atoms with Gasteiger partial charge in [-0.25, -0.2) is 8.42 Å². The summed E-state index contributed by atoms with van der Waals surface area (Å²) >= 11 is 0. The molecule has 1 heterocycles. The van der Waals surface area contributed by atoms with Gasteiger partial charge in [0.25, 0.3) is 0 Å². The number of benzene rings is 1. The second-order valence-electron chi connectivity index (χ2n) is 7.17. The predicted octanol–water partition coefficient (Wildman–Crippen LogP) is 2.93. The van der Waals surface area contributed by atoms with Gasteiger partial charge >= 0.3 is 0 Å². The van der Waals surface area contributed by atoms with E-state index in [4.69, 9.17) is 0 Å². The number of hydrogen-bond acceptors (Lipinski definition) is 3. The molecule has 2 aliphatic carbocycles. The third-order valence-electron chi connectivity index (χ3n) is 5.91. The van der Waals surface area contributed by atoms with Gasteiger partial charge in [0.15, 0.2) is 9.84 Å². The molecule has 5 atom stereocenters. The van der Waals surface area contributed by atoms with Gasteiger partial charge in [0.2, 0.25) is 0 Å². The van der Waals surface area contributed by atoms with Crippen molar-refractivity contribution >= 4 is 9.84 Å². The van der Waals surface area contributed by atoms with Gasteiger partial charge in [-0.3, -0.25) is 0 Å². The number of sulfone groups is 1. The highest BCUT2D eigenvalue weighted by Crippen LogP contribution is 2.50. The van der Waals surface area contributed by atoms with Crippen LogP contribution in [0.4, 0.5) is 0 Å². The Labute approximate surface area is 127 Å². The molecular formula is C17H23NO2S. The summed E-state index contributed by atoms with van der Waals surface area (Å²) in [6.45, 7) is 2.25. The zero-order valence-electron chi connectivity index (χ0n) is 12.5. The van der Waals surface area contributed by atoms with Crippen molar-refractivity contribution in [3.05, 3.63) is 29.8 Å².